The van der Waals surface area contributed by atoms with Crippen LogP contribution in [0.1, 0.15) is 11.6 Å². The molecule has 0 radical (unpaired) electrons. The topological polar surface area (TPSA) is 114 Å². The molecule has 0 aliphatic carbocycles. The fraction of sp³-hybridized carbons (Fsp3) is 0.310. The van der Waals surface area contributed by atoms with Gasteiger partial charge in [-0.2, -0.15) is 0 Å². The van der Waals surface area contributed by atoms with Crippen molar-refractivity contribution in [2.45, 2.75) is 12.6 Å². The number of sulfonamides is 1. The molecule has 10 nitrogen and oxygen atoms in total. The molecule has 3 aromatic carbocycles. The van der Waals surface area contributed by atoms with Gasteiger partial charge in [-0.15, -0.1) is 0 Å². The first-order valence-corrected chi connectivity index (χ1v) is 15.4. The summed E-state index contributed by atoms with van der Waals surface area (Å²) in [5.74, 6) is -0.873. The number of fused-ring (bicyclic) bond motifs is 1. The Kier molecular flexibility index (Phi) is 8.50. The lowest BCUT2D eigenvalue weighted by Crippen LogP contribution is -2.44. The van der Waals surface area contributed by atoms with Crippen LogP contribution in [0.5, 0.6) is 0 Å². The van der Waals surface area contributed by atoms with Crippen LogP contribution in [0.15, 0.2) is 75.9 Å². The molecule has 216 valence electrons. The first-order chi connectivity index (χ1) is 19.6. The number of oxazole rings is 1. The van der Waals surface area contributed by atoms with Crippen LogP contribution in [0, 0.1) is 0 Å². The molecule has 1 atom stereocenters. The van der Waals surface area contributed by atoms with Crippen LogP contribution >= 0.6 is 11.6 Å². The Morgan fingerprint density at radius 3 is 2.49 bits per heavy atom. The highest BCUT2D eigenvalue weighted by Gasteiger charge is 2.26. The molecule has 41 heavy (non-hydrogen) atoms. The van der Waals surface area contributed by atoms with E-state index in [-0.39, 0.29) is 18.5 Å². The van der Waals surface area contributed by atoms with Gasteiger partial charge in [-0.05, 0) is 47.0 Å². The van der Waals surface area contributed by atoms with Gasteiger partial charge < -0.3 is 14.1 Å². The number of nitrogens with zero attached hydrogens (tertiary/aromatic N) is 3. The number of ether oxygens (including phenoxy) is 1. The van der Waals surface area contributed by atoms with Gasteiger partial charge in [-0.3, -0.25) is 19.0 Å². The number of anilines is 1. The molecule has 1 amide bonds. The van der Waals surface area contributed by atoms with Crippen molar-refractivity contribution in [3.05, 3.63) is 87.9 Å². The zero-order valence-corrected chi connectivity index (χ0v) is 24.3. The van der Waals surface area contributed by atoms with Crippen LogP contribution in [0.4, 0.5) is 5.69 Å². The normalized spacial score (nSPS) is 15.1. The molecule has 1 saturated heterocycles. The summed E-state index contributed by atoms with van der Waals surface area (Å²) in [5, 5.41) is 0.441. The summed E-state index contributed by atoms with van der Waals surface area (Å²) in [6.07, 6.45) is 1.11. The number of rotatable bonds is 9. The number of halogens is 1. The van der Waals surface area contributed by atoms with Crippen LogP contribution < -0.4 is 10.5 Å². The summed E-state index contributed by atoms with van der Waals surface area (Å²) in [7, 11) is -1.66. The number of amides is 1. The van der Waals surface area contributed by atoms with Gasteiger partial charge in [0.1, 0.15) is 6.54 Å². The smallest absolute Gasteiger partial charge is 0.408 e. The summed E-state index contributed by atoms with van der Waals surface area (Å²) >= 11 is 6.13. The lowest BCUT2D eigenvalue weighted by Gasteiger charge is -2.35. The van der Waals surface area contributed by atoms with Gasteiger partial charge in [0.05, 0.1) is 31.0 Å². The number of nitrogens with one attached hydrogen (secondary N) is 1. The van der Waals surface area contributed by atoms with E-state index in [0.717, 1.165) is 36.0 Å². The van der Waals surface area contributed by atoms with Crippen molar-refractivity contribution in [2.24, 2.45) is 0 Å². The first-order valence-electron chi connectivity index (χ1n) is 13.1. The minimum Gasteiger partial charge on any atom is -0.408 e. The average Bonchev–Trinajstić information content (AvgIpc) is 3.25. The SMILES string of the molecule is CN(C(=O)Cn1c(=O)oc2ccc(Cl)cc21)C(CN1CCOCC1)c1ccc(-c2cccc(NS(C)(=O)=O)c2)cc1. The number of hydrogen-bond acceptors (Lipinski definition) is 7. The fourth-order valence-corrected chi connectivity index (χ4v) is 5.68. The van der Waals surface area contributed by atoms with Crippen LogP contribution in [0.2, 0.25) is 5.02 Å². The van der Waals surface area contributed by atoms with E-state index in [2.05, 4.69) is 9.62 Å². The van der Waals surface area contributed by atoms with Gasteiger partial charge in [0, 0.05) is 37.4 Å². The number of likely N-dealkylation sites (N-methyl/N-ethyl adjacent to an activating group) is 1. The van der Waals surface area contributed by atoms with Crippen molar-refractivity contribution in [1.82, 2.24) is 14.4 Å². The Labute approximate surface area is 243 Å². The largest absolute Gasteiger partial charge is 0.420 e. The van der Waals surface area contributed by atoms with Gasteiger partial charge in [-0.25, -0.2) is 13.2 Å². The lowest BCUT2D eigenvalue weighted by atomic mass is 9.99. The Morgan fingerprint density at radius 1 is 1.05 bits per heavy atom. The third-order valence-electron chi connectivity index (χ3n) is 7.11. The van der Waals surface area contributed by atoms with E-state index in [0.29, 0.717) is 41.6 Å². The highest BCUT2D eigenvalue weighted by molar-refractivity contribution is 7.92. The molecule has 12 heteroatoms. The Morgan fingerprint density at radius 2 is 1.78 bits per heavy atom. The summed E-state index contributed by atoms with van der Waals surface area (Å²) in [6, 6.07) is 19.6. The molecule has 0 spiro atoms. The molecule has 1 unspecified atom stereocenters. The van der Waals surface area contributed by atoms with Crippen molar-refractivity contribution in [1.29, 1.82) is 0 Å². The van der Waals surface area contributed by atoms with E-state index in [1.165, 1.54) is 4.57 Å². The number of carbonyl (C=O) groups excluding carboxylic acids is 1. The molecule has 1 aliphatic rings. The highest BCUT2D eigenvalue weighted by Crippen LogP contribution is 2.28. The number of hydrogen-bond donors (Lipinski definition) is 1. The standard InChI is InChI=1S/C29H31ClN4O6S/c1-32(28(35)19-34-25-17-23(30)10-11-27(25)40-29(34)36)26(18-33-12-14-39-15-13-33)21-8-6-20(7-9-21)22-4-3-5-24(16-22)31-41(2,37)38/h3-11,16-17,26,31H,12-15,18-19H2,1-2H3. The van der Waals surface area contributed by atoms with E-state index >= 15 is 0 Å². The average molecular weight is 599 g/mol. The Balaban J connectivity index is 1.41. The van der Waals surface area contributed by atoms with Crippen molar-refractivity contribution in [2.75, 3.05) is 50.9 Å². The van der Waals surface area contributed by atoms with Crippen molar-refractivity contribution < 1.29 is 22.4 Å². The zero-order valence-electron chi connectivity index (χ0n) is 22.7. The predicted octanol–water partition coefficient (Wildman–Crippen LogP) is 3.82. The van der Waals surface area contributed by atoms with E-state index in [4.69, 9.17) is 20.8 Å². The van der Waals surface area contributed by atoms with Crippen molar-refractivity contribution in [3.8, 4) is 11.1 Å². The van der Waals surface area contributed by atoms with E-state index in [9.17, 15) is 18.0 Å². The summed E-state index contributed by atoms with van der Waals surface area (Å²) in [5.41, 5.74) is 3.99. The minimum absolute atomic E-state index is 0.194. The second-order valence-electron chi connectivity index (χ2n) is 10.1. The first kappa shape index (κ1) is 28.9. The molecule has 4 aromatic rings. The van der Waals surface area contributed by atoms with Crippen LogP contribution in [0.25, 0.3) is 22.2 Å². The summed E-state index contributed by atoms with van der Waals surface area (Å²) in [4.78, 5) is 30.1. The number of morpholine rings is 1. The van der Waals surface area contributed by atoms with E-state index in [1.54, 1.807) is 48.3 Å². The summed E-state index contributed by atoms with van der Waals surface area (Å²) < 4.78 is 37.9. The second kappa shape index (κ2) is 12.1. The monoisotopic (exact) mass is 598 g/mol. The predicted molar refractivity (Wildman–Crippen MR) is 159 cm³/mol. The number of carbonyl (C=O) groups is 1. The zero-order chi connectivity index (χ0) is 29.1. The third kappa shape index (κ3) is 6.99. The molecule has 2 heterocycles. The molecule has 0 bridgehead atoms. The number of aromatic nitrogens is 1. The minimum atomic E-state index is -3.40. The van der Waals surface area contributed by atoms with Gasteiger partial charge in [0.15, 0.2) is 5.58 Å². The van der Waals surface area contributed by atoms with E-state index in [1.807, 2.05) is 30.3 Å². The van der Waals surface area contributed by atoms with Gasteiger partial charge >= 0.3 is 5.76 Å². The van der Waals surface area contributed by atoms with Gasteiger partial charge in [0.25, 0.3) is 0 Å². The van der Waals surface area contributed by atoms with Crippen molar-refractivity contribution in [3.63, 3.8) is 0 Å². The molecule has 1 aliphatic heterocycles. The maximum Gasteiger partial charge on any atom is 0.420 e. The molecular weight excluding hydrogens is 568 g/mol. The molecule has 5 rings (SSSR count). The van der Waals surface area contributed by atoms with Gasteiger partial charge in [-0.1, -0.05) is 48.0 Å². The molecule has 1 aromatic heterocycles. The molecule has 1 N–H and O–H groups in total. The molecular formula is C29H31ClN4O6S. The van der Waals surface area contributed by atoms with E-state index < -0.39 is 15.8 Å². The highest BCUT2D eigenvalue weighted by atomic mass is 35.5. The maximum absolute atomic E-state index is 13.6. The second-order valence-corrected chi connectivity index (χ2v) is 12.3. The third-order valence-corrected chi connectivity index (χ3v) is 7.95. The Hall–Kier alpha value is -3.64. The Bertz CT molecular complexity index is 1710. The van der Waals surface area contributed by atoms with Crippen LogP contribution in [0.3, 0.4) is 0 Å². The van der Waals surface area contributed by atoms with Crippen molar-refractivity contribution >= 4 is 44.3 Å². The fourth-order valence-electron chi connectivity index (χ4n) is 4.96. The van der Waals surface area contributed by atoms with Gasteiger partial charge in [0.2, 0.25) is 15.9 Å². The number of benzene rings is 3. The van der Waals surface area contributed by atoms with Crippen LogP contribution in [-0.2, 0) is 26.1 Å². The van der Waals surface area contributed by atoms with Crippen LogP contribution in [-0.4, -0.2) is 74.8 Å². The quantitative estimate of drug-likeness (QED) is 0.312. The maximum atomic E-state index is 13.6. The molecule has 1 fully saturated rings. The summed E-state index contributed by atoms with van der Waals surface area (Å²) in [6.45, 7) is 3.14. The molecule has 0 saturated carbocycles. The lowest BCUT2D eigenvalue weighted by molar-refractivity contribution is -0.133.